The summed E-state index contributed by atoms with van der Waals surface area (Å²) in [5.74, 6) is -0.364. The molecule has 24 heavy (non-hydrogen) atoms. The minimum absolute atomic E-state index is 0.00886. The van der Waals surface area contributed by atoms with Gasteiger partial charge in [0.25, 0.3) is 5.91 Å². The van der Waals surface area contributed by atoms with Crippen LogP contribution in [0.1, 0.15) is 21.5 Å². The lowest BCUT2D eigenvalue weighted by molar-refractivity contribution is -0.116. The number of rotatable bonds is 5. The van der Waals surface area contributed by atoms with Crippen LogP contribution in [0.5, 0.6) is 0 Å². The van der Waals surface area contributed by atoms with E-state index in [1.807, 2.05) is 56.5 Å². The van der Waals surface area contributed by atoms with Gasteiger partial charge in [-0.1, -0.05) is 24.3 Å². The SMILES string of the molecule is CSc1ccccc1C(=O)N(C)CC(=O)Nc1cccc(C)c1C. The van der Waals surface area contributed by atoms with E-state index in [2.05, 4.69) is 5.32 Å². The molecule has 2 aromatic carbocycles. The van der Waals surface area contributed by atoms with Crippen molar-refractivity contribution < 1.29 is 9.59 Å². The molecule has 0 fully saturated rings. The van der Waals surface area contributed by atoms with Crippen LogP contribution in [0.4, 0.5) is 5.69 Å². The Balaban J connectivity index is 2.06. The van der Waals surface area contributed by atoms with Gasteiger partial charge >= 0.3 is 0 Å². The Kier molecular flexibility index (Phi) is 6.04. The van der Waals surface area contributed by atoms with Gasteiger partial charge in [-0.05, 0) is 49.4 Å². The maximum absolute atomic E-state index is 12.6. The van der Waals surface area contributed by atoms with Crippen LogP contribution in [-0.2, 0) is 4.79 Å². The Labute approximate surface area is 147 Å². The largest absolute Gasteiger partial charge is 0.332 e. The molecule has 5 heteroatoms. The molecule has 0 spiro atoms. The Morgan fingerprint density at radius 2 is 1.79 bits per heavy atom. The van der Waals surface area contributed by atoms with Crippen molar-refractivity contribution in [2.75, 3.05) is 25.2 Å². The van der Waals surface area contributed by atoms with E-state index in [4.69, 9.17) is 0 Å². The van der Waals surface area contributed by atoms with Crippen molar-refractivity contribution in [3.63, 3.8) is 0 Å². The molecule has 0 aromatic heterocycles. The van der Waals surface area contributed by atoms with E-state index in [1.165, 1.54) is 16.7 Å². The van der Waals surface area contributed by atoms with Gasteiger partial charge in [0.15, 0.2) is 0 Å². The van der Waals surface area contributed by atoms with Crippen LogP contribution < -0.4 is 5.32 Å². The third-order valence-corrected chi connectivity index (χ3v) is 4.74. The van der Waals surface area contributed by atoms with Crippen molar-refractivity contribution in [2.24, 2.45) is 0 Å². The molecule has 0 saturated heterocycles. The molecule has 0 heterocycles. The van der Waals surface area contributed by atoms with Crippen LogP contribution in [0.25, 0.3) is 0 Å². The Morgan fingerprint density at radius 1 is 1.08 bits per heavy atom. The summed E-state index contributed by atoms with van der Waals surface area (Å²) in [7, 11) is 1.64. The molecule has 0 radical (unpaired) electrons. The average molecular weight is 342 g/mol. The molecular formula is C19H22N2O2S. The third kappa shape index (κ3) is 4.17. The number of carbonyl (C=O) groups is 2. The molecule has 0 aliphatic heterocycles. The number of anilines is 1. The van der Waals surface area contributed by atoms with E-state index in [1.54, 1.807) is 13.1 Å². The molecule has 126 valence electrons. The molecule has 0 unspecified atom stereocenters. The number of hydrogen-bond donors (Lipinski definition) is 1. The van der Waals surface area contributed by atoms with E-state index in [0.717, 1.165) is 21.7 Å². The lowest BCUT2D eigenvalue weighted by atomic mass is 10.1. The van der Waals surface area contributed by atoms with Crippen molar-refractivity contribution in [3.05, 3.63) is 59.2 Å². The number of thioether (sulfide) groups is 1. The summed E-state index contributed by atoms with van der Waals surface area (Å²) >= 11 is 1.52. The van der Waals surface area contributed by atoms with Gasteiger partial charge in [-0.25, -0.2) is 0 Å². The smallest absolute Gasteiger partial charge is 0.255 e. The standard InChI is InChI=1S/C19H22N2O2S/c1-13-8-7-10-16(14(13)2)20-18(22)12-21(3)19(23)15-9-5-6-11-17(15)24-4/h5-11H,12H2,1-4H3,(H,20,22). The fourth-order valence-corrected chi connectivity index (χ4v) is 2.98. The second-order valence-corrected chi connectivity index (χ2v) is 6.51. The highest BCUT2D eigenvalue weighted by Crippen LogP contribution is 2.21. The highest BCUT2D eigenvalue weighted by molar-refractivity contribution is 7.98. The summed E-state index contributed by atoms with van der Waals surface area (Å²) < 4.78 is 0. The maximum Gasteiger partial charge on any atom is 0.255 e. The average Bonchev–Trinajstić information content (AvgIpc) is 2.58. The van der Waals surface area contributed by atoms with E-state index in [-0.39, 0.29) is 18.4 Å². The van der Waals surface area contributed by atoms with Gasteiger partial charge in [-0.2, -0.15) is 0 Å². The maximum atomic E-state index is 12.6. The normalized spacial score (nSPS) is 10.3. The molecule has 2 rings (SSSR count). The van der Waals surface area contributed by atoms with Crippen LogP contribution in [0.3, 0.4) is 0 Å². The molecular weight excluding hydrogens is 320 g/mol. The highest BCUT2D eigenvalue weighted by atomic mass is 32.2. The molecule has 0 aliphatic carbocycles. The van der Waals surface area contributed by atoms with Crippen LogP contribution in [0, 0.1) is 13.8 Å². The summed E-state index contributed by atoms with van der Waals surface area (Å²) in [6, 6.07) is 13.2. The second-order valence-electron chi connectivity index (χ2n) is 5.66. The van der Waals surface area contributed by atoms with Crippen LogP contribution >= 0.6 is 11.8 Å². The number of aryl methyl sites for hydroxylation is 1. The molecule has 0 saturated carbocycles. The van der Waals surface area contributed by atoms with Crippen molar-refractivity contribution in [1.29, 1.82) is 0 Å². The number of likely N-dealkylation sites (N-methyl/N-ethyl adjacent to an activating group) is 1. The van der Waals surface area contributed by atoms with E-state index in [0.29, 0.717) is 5.56 Å². The third-order valence-electron chi connectivity index (χ3n) is 3.94. The first-order chi connectivity index (χ1) is 11.4. The minimum Gasteiger partial charge on any atom is -0.332 e. The minimum atomic E-state index is -0.207. The fraction of sp³-hybridized carbons (Fsp3) is 0.263. The van der Waals surface area contributed by atoms with Crippen molar-refractivity contribution in [3.8, 4) is 0 Å². The Morgan fingerprint density at radius 3 is 2.50 bits per heavy atom. The molecule has 2 aromatic rings. The second kappa shape index (κ2) is 8.02. The van der Waals surface area contributed by atoms with Crippen LogP contribution in [0.15, 0.2) is 47.4 Å². The van der Waals surface area contributed by atoms with Crippen LogP contribution in [-0.4, -0.2) is 36.6 Å². The zero-order chi connectivity index (χ0) is 17.7. The van der Waals surface area contributed by atoms with Gasteiger partial charge in [0, 0.05) is 17.6 Å². The number of nitrogens with one attached hydrogen (secondary N) is 1. The molecule has 0 bridgehead atoms. The topological polar surface area (TPSA) is 49.4 Å². The van der Waals surface area contributed by atoms with Gasteiger partial charge in [0.05, 0.1) is 12.1 Å². The lowest BCUT2D eigenvalue weighted by Gasteiger charge is -2.19. The quantitative estimate of drug-likeness (QED) is 0.842. The summed E-state index contributed by atoms with van der Waals surface area (Å²) in [5, 5.41) is 2.88. The first kappa shape index (κ1) is 18.1. The van der Waals surface area contributed by atoms with E-state index in [9.17, 15) is 9.59 Å². The van der Waals surface area contributed by atoms with Gasteiger partial charge in [0.1, 0.15) is 0 Å². The number of carbonyl (C=O) groups excluding carboxylic acids is 2. The van der Waals surface area contributed by atoms with E-state index >= 15 is 0 Å². The van der Waals surface area contributed by atoms with Gasteiger partial charge in [-0.15, -0.1) is 11.8 Å². The summed E-state index contributed by atoms with van der Waals surface area (Å²) in [6.45, 7) is 3.98. The number of nitrogens with zero attached hydrogens (tertiary/aromatic N) is 1. The Hall–Kier alpha value is -2.27. The molecule has 1 N–H and O–H groups in total. The number of benzene rings is 2. The van der Waals surface area contributed by atoms with Gasteiger partial charge < -0.3 is 10.2 Å². The van der Waals surface area contributed by atoms with Crippen LogP contribution in [0.2, 0.25) is 0 Å². The lowest BCUT2D eigenvalue weighted by Crippen LogP contribution is -2.35. The summed E-state index contributed by atoms with van der Waals surface area (Å²) in [6.07, 6.45) is 1.93. The van der Waals surface area contributed by atoms with Crippen molar-refractivity contribution >= 4 is 29.3 Å². The molecule has 0 atom stereocenters. The van der Waals surface area contributed by atoms with Gasteiger partial charge in [0.2, 0.25) is 5.91 Å². The Bertz CT molecular complexity index is 759. The molecule has 4 nitrogen and oxygen atoms in total. The first-order valence-corrected chi connectivity index (χ1v) is 8.91. The summed E-state index contributed by atoms with van der Waals surface area (Å²) in [4.78, 5) is 27.2. The van der Waals surface area contributed by atoms with Crippen molar-refractivity contribution in [2.45, 2.75) is 18.7 Å². The predicted molar refractivity (Wildman–Crippen MR) is 99.7 cm³/mol. The van der Waals surface area contributed by atoms with E-state index < -0.39 is 0 Å². The molecule has 0 aliphatic rings. The number of hydrogen-bond acceptors (Lipinski definition) is 3. The zero-order valence-electron chi connectivity index (χ0n) is 14.4. The first-order valence-electron chi connectivity index (χ1n) is 7.68. The monoisotopic (exact) mass is 342 g/mol. The highest BCUT2D eigenvalue weighted by Gasteiger charge is 2.18. The van der Waals surface area contributed by atoms with Gasteiger partial charge in [-0.3, -0.25) is 9.59 Å². The molecule has 2 amide bonds. The van der Waals surface area contributed by atoms with Crippen molar-refractivity contribution in [1.82, 2.24) is 4.90 Å². The zero-order valence-corrected chi connectivity index (χ0v) is 15.2. The predicted octanol–water partition coefficient (Wildman–Crippen LogP) is 3.74. The number of amides is 2. The fourth-order valence-electron chi connectivity index (χ4n) is 2.39. The summed E-state index contributed by atoms with van der Waals surface area (Å²) in [5.41, 5.74) is 3.55.